The Morgan fingerprint density at radius 2 is 1.32 bits per heavy atom. The van der Waals surface area contributed by atoms with Crippen molar-refractivity contribution in [3.63, 3.8) is 0 Å². The predicted octanol–water partition coefficient (Wildman–Crippen LogP) is 3.89. The lowest BCUT2D eigenvalue weighted by atomic mass is 10.0. The molecule has 0 radical (unpaired) electrons. The Kier molecular flexibility index (Phi) is 11.1. The topological polar surface area (TPSA) is 129 Å². The number of ether oxygens (including phenoxy) is 3. The van der Waals surface area contributed by atoms with E-state index in [1.807, 2.05) is 72.8 Å². The molecule has 3 aromatic rings. The molecule has 0 saturated carbocycles. The van der Waals surface area contributed by atoms with Crippen molar-refractivity contribution in [2.75, 3.05) is 6.61 Å². The summed E-state index contributed by atoms with van der Waals surface area (Å²) < 4.78 is 16.8. The van der Waals surface area contributed by atoms with Gasteiger partial charge in [-0.25, -0.2) is 4.79 Å². The fourth-order valence-electron chi connectivity index (χ4n) is 3.70. The molecule has 0 aliphatic rings. The molecule has 40 heavy (non-hydrogen) atoms. The molecule has 0 aliphatic carbocycles. The smallest absolute Gasteiger partial charge is 0.408 e. The minimum Gasteiger partial charge on any atom is -0.489 e. The summed E-state index contributed by atoms with van der Waals surface area (Å²) in [4.78, 5) is 37.8. The molecule has 212 valence electrons. The van der Waals surface area contributed by atoms with Gasteiger partial charge in [-0.15, -0.1) is 0 Å². The summed E-state index contributed by atoms with van der Waals surface area (Å²) in [6, 6.07) is 24.3. The van der Waals surface area contributed by atoms with Gasteiger partial charge < -0.3 is 30.6 Å². The summed E-state index contributed by atoms with van der Waals surface area (Å²) in [5.74, 6) is -0.658. The molecule has 4 N–H and O–H groups in total. The van der Waals surface area contributed by atoms with Gasteiger partial charge in [0.25, 0.3) is 0 Å². The Morgan fingerprint density at radius 1 is 0.750 bits per heavy atom. The van der Waals surface area contributed by atoms with Gasteiger partial charge in [0.2, 0.25) is 11.8 Å². The van der Waals surface area contributed by atoms with Crippen molar-refractivity contribution in [2.45, 2.75) is 58.1 Å². The van der Waals surface area contributed by atoms with Gasteiger partial charge >= 0.3 is 6.09 Å². The largest absolute Gasteiger partial charge is 0.489 e. The van der Waals surface area contributed by atoms with Crippen LogP contribution in [0.2, 0.25) is 0 Å². The van der Waals surface area contributed by atoms with Crippen molar-refractivity contribution >= 4 is 17.9 Å². The van der Waals surface area contributed by atoms with E-state index in [1.165, 1.54) is 0 Å². The summed E-state index contributed by atoms with van der Waals surface area (Å²) in [6.07, 6.45) is -0.623. The summed E-state index contributed by atoms with van der Waals surface area (Å²) in [7, 11) is 0. The molecule has 2 unspecified atom stereocenters. The van der Waals surface area contributed by atoms with Crippen LogP contribution >= 0.6 is 0 Å². The Labute approximate surface area is 235 Å². The molecule has 3 amide bonds. The lowest BCUT2D eigenvalue weighted by Gasteiger charge is -2.24. The van der Waals surface area contributed by atoms with Crippen LogP contribution in [0.3, 0.4) is 0 Å². The van der Waals surface area contributed by atoms with Gasteiger partial charge in [0, 0.05) is 6.42 Å². The first-order valence-electron chi connectivity index (χ1n) is 13.1. The number of rotatable bonds is 13. The van der Waals surface area contributed by atoms with Crippen LogP contribution < -0.4 is 21.1 Å². The maximum Gasteiger partial charge on any atom is 0.408 e. The number of nitrogens with one attached hydrogen (secondary N) is 2. The van der Waals surface area contributed by atoms with Crippen LogP contribution in [-0.4, -0.2) is 42.2 Å². The van der Waals surface area contributed by atoms with Gasteiger partial charge in [0.05, 0.1) is 13.2 Å². The van der Waals surface area contributed by atoms with Crippen LogP contribution in [0.25, 0.3) is 0 Å². The summed E-state index contributed by atoms with van der Waals surface area (Å²) in [5.41, 5.74) is 7.58. The molecule has 3 aromatic carbocycles. The lowest BCUT2D eigenvalue weighted by Crippen LogP contribution is -2.55. The summed E-state index contributed by atoms with van der Waals surface area (Å²) in [6.45, 7) is 5.67. The van der Waals surface area contributed by atoms with E-state index in [9.17, 15) is 14.4 Å². The van der Waals surface area contributed by atoms with Gasteiger partial charge in [0.1, 0.15) is 30.0 Å². The summed E-state index contributed by atoms with van der Waals surface area (Å²) in [5, 5.41) is 5.18. The van der Waals surface area contributed by atoms with E-state index in [0.29, 0.717) is 12.4 Å². The number of hydrogen-bond donors (Lipinski definition) is 3. The first-order chi connectivity index (χ1) is 19.1. The highest BCUT2D eigenvalue weighted by atomic mass is 16.6. The molecule has 0 spiro atoms. The van der Waals surface area contributed by atoms with E-state index in [0.717, 1.165) is 16.7 Å². The highest BCUT2D eigenvalue weighted by molar-refractivity contribution is 5.91. The molecule has 3 rings (SSSR count). The third kappa shape index (κ3) is 10.8. The maximum absolute atomic E-state index is 13.2. The molecule has 2 atom stereocenters. The zero-order valence-electron chi connectivity index (χ0n) is 23.1. The minimum absolute atomic E-state index is 0.140. The molecule has 0 fully saturated rings. The van der Waals surface area contributed by atoms with Crippen molar-refractivity contribution in [2.24, 2.45) is 5.73 Å². The molecule has 0 heterocycles. The number of primary amides is 1. The number of carbonyl (C=O) groups is 3. The number of nitrogens with two attached hydrogens (primary N) is 1. The zero-order valence-corrected chi connectivity index (χ0v) is 23.1. The van der Waals surface area contributed by atoms with Gasteiger partial charge in [-0.3, -0.25) is 9.59 Å². The quantitative estimate of drug-likeness (QED) is 0.298. The predicted molar refractivity (Wildman–Crippen MR) is 151 cm³/mol. The molecule has 9 nitrogen and oxygen atoms in total. The first kappa shape index (κ1) is 30.2. The number of carbonyl (C=O) groups excluding carboxylic acids is 3. The van der Waals surface area contributed by atoms with Crippen molar-refractivity contribution in [1.29, 1.82) is 0 Å². The van der Waals surface area contributed by atoms with Crippen LogP contribution in [0.4, 0.5) is 4.79 Å². The lowest BCUT2D eigenvalue weighted by molar-refractivity contribution is -0.129. The standard InChI is InChI=1S/C31H37N3O6/c1-31(2,3)40-30(37)34-27(21-38-19-23-10-6-4-7-11-23)29(36)33-26(28(32)35)18-22-14-16-25(17-15-22)39-20-24-12-8-5-9-13-24/h4-17,26-27H,18-21H2,1-3H3,(H2,32,35)(H,33,36)(H,34,37). The molecule has 9 heteroatoms. The molecular formula is C31H37N3O6. The Balaban J connectivity index is 1.61. The number of amides is 3. The average Bonchev–Trinajstić information content (AvgIpc) is 2.91. The van der Waals surface area contributed by atoms with E-state index in [4.69, 9.17) is 19.9 Å². The van der Waals surface area contributed by atoms with E-state index in [1.54, 1.807) is 32.9 Å². The van der Waals surface area contributed by atoms with Crippen molar-refractivity contribution in [3.8, 4) is 5.75 Å². The van der Waals surface area contributed by atoms with Crippen LogP contribution in [0.15, 0.2) is 84.9 Å². The van der Waals surface area contributed by atoms with Crippen molar-refractivity contribution in [1.82, 2.24) is 10.6 Å². The Hall–Kier alpha value is -4.37. The molecule has 0 aliphatic heterocycles. The van der Waals surface area contributed by atoms with E-state index >= 15 is 0 Å². The minimum atomic E-state index is -1.12. The first-order valence-corrected chi connectivity index (χ1v) is 13.1. The molecule has 0 aromatic heterocycles. The van der Waals surface area contributed by atoms with Crippen molar-refractivity contribution in [3.05, 3.63) is 102 Å². The Morgan fingerprint density at radius 3 is 1.88 bits per heavy atom. The van der Waals surface area contributed by atoms with E-state index in [2.05, 4.69) is 10.6 Å². The fourth-order valence-corrected chi connectivity index (χ4v) is 3.70. The van der Waals surface area contributed by atoms with E-state index in [-0.39, 0.29) is 19.6 Å². The van der Waals surface area contributed by atoms with Crippen LogP contribution in [-0.2, 0) is 38.7 Å². The van der Waals surface area contributed by atoms with Crippen LogP contribution in [0, 0.1) is 0 Å². The zero-order chi connectivity index (χ0) is 29.0. The summed E-state index contributed by atoms with van der Waals surface area (Å²) >= 11 is 0. The average molecular weight is 548 g/mol. The van der Waals surface area contributed by atoms with Crippen LogP contribution in [0.1, 0.15) is 37.5 Å². The number of alkyl carbamates (subject to hydrolysis) is 1. The number of hydrogen-bond acceptors (Lipinski definition) is 6. The second-order valence-corrected chi connectivity index (χ2v) is 10.3. The normalized spacial score (nSPS) is 12.6. The highest BCUT2D eigenvalue weighted by Gasteiger charge is 2.28. The molecular weight excluding hydrogens is 510 g/mol. The Bertz CT molecular complexity index is 1230. The van der Waals surface area contributed by atoms with Gasteiger partial charge in [-0.2, -0.15) is 0 Å². The van der Waals surface area contributed by atoms with E-state index < -0.39 is 35.6 Å². The van der Waals surface area contributed by atoms with Gasteiger partial charge in [-0.05, 0) is 49.6 Å². The van der Waals surface area contributed by atoms with Crippen molar-refractivity contribution < 1.29 is 28.6 Å². The fraction of sp³-hybridized carbons (Fsp3) is 0.323. The van der Waals surface area contributed by atoms with Gasteiger partial charge in [0.15, 0.2) is 0 Å². The second-order valence-electron chi connectivity index (χ2n) is 10.3. The molecule has 0 bridgehead atoms. The second kappa shape index (κ2) is 14.7. The third-order valence-corrected chi connectivity index (χ3v) is 5.67. The monoisotopic (exact) mass is 547 g/mol. The third-order valence-electron chi connectivity index (χ3n) is 5.67. The van der Waals surface area contributed by atoms with Gasteiger partial charge in [-0.1, -0.05) is 72.8 Å². The highest BCUT2D eigenvalue weighted by Crippen LogP contribution is 2.16. The number of benzene rings is 3. The maximum atomic E-state index is 13.2. The molecule has 0 saturated heterocycles. The SMILES string of the molecule is CC(C)(C)OC(=O)NC(COCc1ccccc1)C(=O)NC(Cc1ccc(OCc2ccccc2)cc1)C(N)=O. The van der Waals surface area contributed by atoms with Crippen LogP contribution in [0.5, 0.6) is 5.75 Å².